The lowest BCUT2D eigenvalue weighted by Crippen LogP contribution is -2.44. The highest BCUT2D eigenvalue weighted by atomic mass is 16.4. The van der Waals surface area contributed by atoms with Crippen LogP contribution in [0.5, 0.6) is 0 Å². The molecule has 1 atom stereocenters. The molecular weight excluding hydrogens is 418 g/mol. The van der Waals surface area contributed by atoms with Gasteiger partial charge in [-0.25, -0.2) is 4.79 Å². The molecule has 2 heterocycles. The van der Waals surface area contributed by atoms with Gasteiger partial charge in [0.05, 0.1) is 11.4 Å². The lowest BCUT2D eigenvalue weighted by atomic mass is 9.86. The number of carboxylic acids is 1. The van der Waals surface area contributed by atoms with Gasteiger partial charge >= 0.3 is 5.97 Å². The van der Waals surface area contributed by atoms with E-state index < -0.39 is 17.5 Å². The normalized spacial score (nSPS) is 16.5. The molecule has 1 unspecified atom stereocenters. The maximum absolute atomic E-state index is 12.7. The highest BCUT2D eigenvalue weighted by Crippen LogP contribution is 2.28. The summed E-state index contributed by atoms with van der Waals surface area (Å²) in [7, 11) is 2.11. The minimum absolute atomic E-state index is 0.0981. The number of hydrogen-bond acceptors (Lipinski definition) is 6. The van der Waals surface area contributed by atoms with Crippen molar-refractivity contribution >= 4 is 23.5 Å². The molecule has 0 aliphatic carbocycles. The summed E-state index contributed by atoms with van der Waals surface area (Å²) in [4.78, 5) is 33.3. The summed E-state index contributed by atoms with van der Waals surface area (Å²) in [5.74, 6) is -1.18. The summed E-state index contributed by atoms with van der Waals surface area (Å²) in [5, 5.41) is 20.1. The number of carboxylic acid groups (broad SMARTS) is 1. The molecule has 1 aromatic heterocycles. The van der Waals surface area contributed by atoms with Crippen LogP contribution in [-0.4, -0.2) is 65.1 Å². The van der Waals surface area contributed by atoms with Crippen LogP contribution in [0.2, 0.25) is 0 Å². The number of carbonyl (C=O) groups is 2. The Morgan fingerprint density at radius 2 is 1.70 bits per heavy atom. The van der Waals surface area contributed by atoms with E-state index in [1.165, 1.54) is 6.08 Å². The third-order valence-electron chi connectivity index (χ3n) is 5.90. The number of aliphatic hydroxyl groups is 1. The SMILES string of the molecule is CN1CCN(c2ccc(C(=O)CC(O)c3cccc(/C=C(/C(=O)O)C(C)(C)C)n3)cc2)CC1. The molecule has 0 saturated carbocycles. The second-order valence-electron chi connectivity index (χ2n) is 9.58. The van der Waals surface area contributed by atoms with Crippen LogP contribution >= 0.6 is 0 Å². The molecule has 1 saturated heterocycles. The molecule has 0 amide bonds. The Balaban J connectivity index is 1.69. The molecule has 1 aromatic carbocycles. The molecule has 0 bridgehead atoms. The summed E-state index contributed by atoms with van der Waals surface area (Å²) in [6.07, 6.45) is 0.336. The number of rotatable bonds is 7. The Hall–Kier alpha value is -3.03. The van der Waals surface area contributed by atoms with Crippen LogP contribution in [0.25, 0.3) is 6.08 Å². The number of Topliss-reactive ketones (excluding diaryl/α,β-unsaturated/α-hetero) is 1. The molecule has 7 heteroatoms. The van der Waals surface area contributed by atoms with Gasteiger partial charge in [-0.2, -0.15) is 0 Å². The number of aliphatic carboxylic acids is 1. The number of nitrogens with zero attached hydrogens (tertiary/aromatic N) is 3. The number of hydrogen-bond donors (Lipinski definition) is 2. The Morgan fingerprint density at radius 3 is 2.27 bits per heavy atom. The van der Waals surface area contributed by atoms with Crippen molar-refractivity contribution in [3.8, 4) is 0 Å². The standard InChI is InChI=1S/C26H33N3O4/c1-26(2,3)21(25(32)33)16-19-6-5-7-22(27-19)24(31)17-23(30)18-8-10-20(11-9-18)29-14-12-28(4)13-15-29/h5-11,16,24,31H,12-15,17H2,1-4H3,(H,32,33)/b21-16-. The quantitative estimate of drug-likeness (QED) is 0.490. The van der Waals surface area contributed by atoms with Crippen molar-refractivity contribution in [2.24, 2.45) is 5.41 Å². The number of likely N-dealkylation sites (N-methyl/N-ethyl adjacent to an activating group) is 1. The van der Waals surface area contributed by atoms with Gasteiger partial charge in [0.25, 0.3) is 0 Å². The first kappa shape index (κ1) is 24.6. The molecule has 33 heavy (non-hydrogen) atoms. The van der Waals surface area contributed by atoms with E-state index >= 15 is 0 Å². The van der Waals surface area contributed by atoms with Crippen LogP contribution in [0.4, 0.5) is 5.69 Å². The van der Waals surface area contributed by atoms with Crippen molar-refractivity contribution in [1.29, 1.82) is 0 Å². The van der Waals surface area contributed by atoms with Crippen LogP contribution in [-0.2, 0) is 4.79 Å². The van der Waals surface area contributed by atoms with Gasteiger partial charge in [-0.3, -0.25) is 9.78 Å². The average molecular weight is 452 g/mol. The molecule has 1 aliphatic rings. The number of piperazine rings is 1. The number of carbonyl (C=O) groups excluding carboxylic acids is 1. The van der Waals surface area contributed by atoms with Crippen molar-refractivity contribution in [3.05, 3.63) is 65.0 Å². The van der Waals surface area contributed by atoms with Gasteiger partial charge in [0.2, 0.25) is 0 Å². The van der Waals surface area contributed by atoms with E-state index in [2.05, 4.69) is 21.8 Å². The molecule has 7 nitrogen and oxygen atoms in total. The monoisotopic (exact) mass is 451 g/mol. The predicted molar refractivity (Wildman–Crippen MR) is 129 cm³/mol. The Bertz CT molecular complexity index is 1020. The number of anilines is 1. The molecule has 2 N–H and O–H groups in total. The zero-order chi connectivity index (χ0) is 24.2. The van der Waals surface area contributed by atoms with Crippen LogP contribution in [0.3, 0.4) is 0 Å². The fourth-order valence-electron chi connectivity index (χ4n) is 3.80. The van der Waals surface area contributed by atoms with E-state index in [0.29, 0.717) is 17.0 Å². The van der Waals surface area contributed by atoms with Gasteiger partial charge in [-0.15, -0.1) is 0 Å². The number of ketones is 1. The molecule has 0 radical (unpaired) electrons. The Labute approximate surface area is 195 Å². The third-order valence-corrected chi connectivity index (χ3v) is 5.90. The Morgan fingerprint density at radius 1 is 1.06 bits per heavy atom. The zero-order valence-electron chi connectivity index (χ0n) is 19.8. The summed E-state index contributed by atoms with van der Waals surface area (Å²) in [6, 6.07) is 12.5. The number of aromatic nitrogens is 1. The minimum Gasteiger partial charge on any atom is -0.478 e. The van der Waals surface area contributed by atoms with E-state index in [1.54, 1.807) is 30.3 Å². The second-order valence-corrected chi connectivity index (χ2v) is 9.58. The largest absolute Gasteiger partial charge is 0.478 e. The molecule has 1 aliphatic heterocycles. The highest BCUT2D eigenvalue weighted by molar-refractivity contribution is 5.96. The number of benzene rings is 1. The van der Waals surface area contributed by atoms with Crippen molar-refractivity contribution < 1.29 is 19.8 Å². The minimum atomic E-state index is -1.08. The van der Waals surface area contributed by atoms with Gasteiger partial charge in [-0.1, -0.05) is 26.8 Å². The van der Waals surface area contributed by atoms with Crippen molar-refractivity contribution in [3.63, 3.8) is 0 Å². The maximum Gasteiger partial charge on any atom is 0.332 e. The van der Waals surface area contributed by atoms with Gasteiger partial charge in [0.1, 0.15) is 6.10 Å². The molecular formula is C26H33N3O4. The van der Waals surface area contributed by atoms with Crippen molar-refractivity contribution in [2.75, 3.05) is 38.1 Å². The summed E-state index contributed by atoms with van der Waals surface area (Å²) in [5.41, 5.74) is 2.07. The van der Waals surface area contributed by atoms with Crippen LogP contribution in [0, 0.1) is 5.41 Å². The summed E-state index contributed by atoms with van der Waals surface area (Å²) < 4.78 is 0. The first-order chi connectivity index (χ1) is 15.5. The first-order valence-electron chi connectivity index (χ1n) is 11.2. The molecule has 1 fully saturated rings. The number of pyridine rings is 1. The fraction of sp³-hybridized carbons (Fsp3) is 0.423. The van der Waals surface area contributed by atoms with E-state index in [9.17, 15) is 19.8 Å². The molecule has 3 rings (SSSR count). The van der Waals surface area contributed by atoms with Gasteiger partial charge in [0, 0.05) is 49.4 Å². The molecule has 0 spiro atoms. The lowest BCUT2D eigenvalue weighted by Gasteiger charge is -2.34. The zero-order valence-corrected chi connectivity index (χ0v) is 19.8. The molecule has 176 valence electrons. The van der Waals surface area contributed by atoms with Gasteiger partial charge in [0.15, 0.2) is 5.78 Å². The predicted octanol–water partition coefficient (Wildman–Crippen LogP) is 3.65. The fourth-order valence-corrected chi connectivity index (χ4v) is 3.80. The lowest BCUT2D eigenvalue weighted by molar-refractivity contribution is -0.133. The van der Waals surface area contributed by atoms with E-state index in [1.807, 2.05) is 32.9 Å². The van der Waals surface area contributed by atoms with Gasteiger partial charge < -0.3 is 20.0 Å². The topological polar surface area (TPSA) is 94.0 Å². The van der Waals surface area contributed by atoms with E-state index in [4.69, 9.17) is 0 Å². The second kappa shape index (κ2) is 10.3. The van der Waals surface area contributed by atoms with Gasteiger partial charge in [-0.05, 0) is 54.9 Å². The summed E-state index contributed by atoms with van der Waals surface area (Å²) in [6.45, 7) is 9.39. The van der Waals surface area contributed by atoms with Crippen LogP contribution < -0.4 is 4.90 Å². The number of aliphatic hydroxyl groups excluding tert-OH is 1. The van der Waals surface area contributed by atoms with E-state index in [0.717, 1.165) is 31.9 Å². The summed E-state index contributed by atoms with van der Waals surface area (Å²) >= 11 is 0. The van der Waals surface area contributed by atoms with Crippen molar-refractivity contribution in [1.82, 2.24) is 9.88 Å². The van der Waals surface area contributed by atoms with Crippen LogP contribution in [0.15, 0.2) is 48.0 Å². The van der Waals surface area contributed by atoms with Crippen LogP contribution in [0.1, 0.15) is 55.0 Å². The third kappa shape index (κ3) is 6.49. The van der Waals surface area contributed by atoms with Crippen molar-refractivity contribution in [2.45, 2.75) is 33.3 Å². The maximum atomic E-state index is 12.7. The first-order valence-corrected chi connectivity index (χ1v) is 11.2. The highest BCUT2D eigenvalue weighted by Gasteiger charge is 2.24. The molecule has 2 aromatic rings. The average Bonchev–Trinajstić information content (AvgIpc) is 2.77. The van der Waals surface area contributed by atoms with E-state index in [-0.39, 0.29) is 17.8 Å². The smallest absolute Gasteiger partial charge is 0.332 e. The Kier molecular flexibility index (Phi) is 7.66.